The predicted molar refractivity (Wildman–Crippen MR) is 99.1 cm³/mol. The zero-order valence-electron chi connectivity index (χ0n) is 14.2. The second-order valence-electron chi connectivity index (χ2n) is 6.12. The summed E-state index contributed by atoms with van der Waals surface area (Å²) in [5.41, 5.74) is 7.84. The maximum absolute atomic E-state index is 12.8. The normalized spacial score (nSPS) is 13.9. The fourth-order valence-electron chi connectivity index (χ4n) is 2.97. The molecule has 1 aromatic heterocycles. The Labute approximate surface area is 151 Å². The van der Waals surface area contributed by atoms with Gasteiger partial charge in [-0.15, -0.1) is 11.3 Å². The molecule has 3 N–H and O–H groups in total. The quantitative estimate of drug-likeness (QED) is 0.859. The highest BCUT2D eigenvalue weighted by Gasteiger charge is 2.24. The van der Waals surface area contributed by atoms with Crippen molar-refractivity contribution in [2.45, 2.75) is 26.2 Å². The Kier molecular flexibility index (Phi) is 5.45. The van der Waals surface area contributed by atoms with Crippen LogP contribution >= 0.6 is 11.3 Å². The van der Waals surface area contributed by atoms with Gasteiger partial charge in [0.1, 0.15) is 5.69 Å². The Balaban J connectivity index is 1.83. The van der Waals surface area contributed by atoms with Crippen LogP contribution in [0.4, 0.5) is 5.69 Å². The van der Waals surface area contributed by atoms with E-state index in [1.54, 1.807) is 11.4 Å². The van der Waals surface area contributed by atoms with Gasteiger partial charge in [-0.25, -0.2) is 4.98 Å². The van der Waals surface area contributed by atoms with E-state index in [9.17, 15) is 9.59 Å². The van der Waals surface area contributed by atoms with Crippen molar-refractivity contribution in [3.05, 3.63) is 45.4 Å². The van der Waals surface area contributed by atoms with Gasteiger partial charge in [0.25, 0.3) is 11.8 Å². The number of amides is 2. The first-order chi connectivity index (χ1) is 12.1. The molecule has 7 heteroatoms. The van der Waals surface area contributed by atoms with Gasteiger partial charge in [0.05, 0.1) is 16.3 Å². The standard InChI is InChI=1S/C18H22N4O2S/c1-12-5-4-6-13(16(12)18(24)22-9-2-3-10-22)21-17(23)14-11-25-15(20-14)7-8-19/h4-6,11H,2-3,7-10,19H2,1H3,(H,21,23). The van der Waals surface area contributed by atoms with E-state index in [2.05, 4.69) is 10.3 Å². The lowest BCUT2D eigenvalue weighted by molar-refractivity contribution is 0.0793. The van der Waals surface area contributed by atoms with Crippen LogP contribution in [-0.2, 0) is 6.42 Å². The molecule has 0 radical (unpaired) electrons. The Morgan fingerprint density at radius 1 is 1.32 bits per heavy atom. The van der Waals surface area contributed by atoms with E-state index < -0.39 is 0 Å². The average Bonchev–Trinajstić information content (AvgIpc) is 3.27. The number of benzene rings is 1. The fraction of sp³-hybridized carbons (Fsp3) is 0.389. The van der Waals surface area contributed by atoms with Gasteiger partial charge in [0, 0.05) is 24.9 Å². The third-order valence-corrected chi connectivity index (χ3v) is 5.18. The highest BCUT2D eigenvalue weighted by atomic mass is 32.1. The van der Waals surface area contributed by atoms with Crippen molar-refractivity contribution >= 4 is 28.8 Å². The summed E-state index contributed by atoms with van der Waals surface area (Å²) >= 11 is 1.42. The summed E-state index contributed by atoms with van der Waals surface area (Å²) in [6, 6.07) is 5.50. The highest BCUT2D eigenvalue weighted by Crippen LogP contribution is 2.24. The van der Waals surface area contributed by atoms with Crippen LogP contribution in [0.15, 0.2) is 23.6 Å². The van der Waals surface area contributed by atoms with Gasteiger partial charge in [-0.05, 0) is 37.9 Å². The van der Waals surface area contributed by atoms with Crippen molar-refractivity contribution in [2.75, 3.05) is 25.0 Å². The number of likely N-dealkylation sites (tertiary alicyclic amines) is 1. The van der Waals surface area contributed by atoms with E-state index in [1.807, 2.05) is 24.0 Å². The van der Waals surface area contributed by atoms with Crippen LogP contribution in [0.1, 0.15) is 44.3 Å². The smallest absolute Gasteiger partial charge is 0.275 e. The molecule has 3 rings (SSSR count). The average molecular weight is 358 g/mol. The first-order valence-corrected chi connectivity index (χ1v) is 9.33. The van der Waals surface area contributed by atoms with Crippen molar-refractivity contribution in [3.63, 3.8) is 0 Å². The number of hydrogen-bond acceptors (Lipinski definition) is 5. The van der Waals surface area contributed by atoms with Gasteiger partial charge in [-0.2, -0.15) is 0 Å². The molecule has 6 nitrogen and oxygen atoms in total. The molecule has 1 aliphatic heterocycles. The number of hydrogen-bond donors (Lipinski definition) is 2. The molecule has 0 spiro atoms. The number of nitrogens with one attached hydrogen (secondary N) is 1. The molecule has 1 aromatic carbocycles. The molecule has 25 heavy (non-hydrogen) atoms. The van der Waals surface area contributed by atoms with Gasteiger partial charge in [0.15, 0.2) is 0 Å². The predicted octanol–water partition coefficient (Wildman–Crippen LogP) is 2.44. The lowest BCUT2D eigenvalue weighted by atomic mass is 10.0. The number of nitrogens with zero attached hydrogens (tertiary/aromatic N) is 2. The van der Waals surface area contributed by atoms with Crippen LogP contribution in [0, 0.1) is 6.92 Å². The number of anilines is 1. The van der Waals surface area contributed by atoms with Gasteiger partial charge in [-0.1, -0.05) is 12.1 Å². The molecule has 1 fully saturated rings. The summed E-state index contributed by atoms with van der Waals surface area (Å²) < 4.78 is 0. The Hall–Kier alpha value is -2.25. The maximum Gasteiger partial charge on any atom is 0.275 e. The topological polar surface area (TPSA) is 88.3 Å². The molecule has 1 aliphatic rings. The summed E-state index contributed by atoms with van der Waals surface area (Å²) in [7, 11) is 0. The SMILES string of the molecule is Cc1cccc(NC(=O)c2csc(CCN)n2)c1C(=O)N1CCCC1. The van der Waals surface area contributed by atoms with Crippen LogP contribution < -0.4 is 11.1 Å². The largest absolute Gasteiger partial charge is 0.339 e. The molecule has 0 atom stereocenters. The summed E-state index contributed by atoms with van der Waals surface area (Å²) in [6.07, 6.45) is 2.71. The molecule has 2 heterocycles. The maximum atomic E-state index is 12.8. The van der Waals surface area contributed by atoms with E-state index >= 15 is 0 Å². The number of thiazole rings is 1. The molecule has 0 saturated carbocycles. The summed E-state index contributed by atoms with van der Waals surface area (Å²) in [6.45, 7) is 3.94. The first kappa shape index (κ1) is 17.6. The van der Waals surface area contributed by atoms with Gasteiger partial charge < -0.3 is 16.0 Å². The van der Waals surface area contributed by atoms with Gasteiger partial charge >= 0.3 is 0 Å². The van der Waals surface area contributed by atoms with Crippen LogP contribution in [0.25, 0.3) is 0 Å². The molecule has 0 aliphatic carbocycles. The molecule has 0 unspecified atom stereocenters. The van der Waals surface area contributed by atoms with Crippen molar-refractivity contribution in [1.82, 2.24) is 9.88 Å². The first-order valence-electron chi connectivity index (χ1n) is 8.45. The van der Waals surface area contributed by atoms with E-state index in [1.165, 1.54) is 11.3 Å². The monoisotopic (exact) mass is 358 g/mol. The van der Waals surface area contributed by atoms with Crippen molar-refractivity contribution in [3.8, 4) is 0 Å². The van der Waals surface area contributed by atoms with Crippen LogP contribution in [0.3, 0.4) is 0 Å². The number of carbonyl (C=O) groups is 2. The Bertz CT molecular complexity index is 781. The van der Waals surface area contributed by atoms with Crippen LogP contribution in [0.5, 0.6) is 0 Å². The minimum atomic E-state index is -0.305. The molecule has 0 bridgehead atoms. The molecule has 2 aromatic rings. The van der Waals surface area contributed by atoms with Crippen LogP contribution in [0.2, 0.25) is 0 Å². The van der Waals surface area contributed by atoms with Crippen molar-refractivity contribution < 1.29 is 9.59 Å². The van der Waals surface area contributed by atoms with E-state index in [0.717, 1.165) is 36.5 Å². The second kappa shape index (κ2) is 7.76. The Morgan fingerprint density at radius 2 is 2.08 bits per heavy atom. The van der Waals surface area contributed by atoms with Gasteiger partial charge in [0.2, 0.25) is 0 Å². The third-order valence-electron chi connectivity index (χ3n) is 4.27. The minimum absolute atomic E-state index is 0.0204. The third kappa shape index (κ3) is 3.88. The molecule has 132 valence electrons. The number of carbonyl (C=O) groups excluding carboxylic acids is 2. The zero-order chi connectivity index (χ0) is 17.8. The minimum Gasteiger partial charge on any atom is -0.339 e. The lowest BCUT2D eigenvalue weighted by Gasteiger charge is -2.19. The Morgan fingerprint density at radius 3 is 2.80 bits per heavy atom. The highest BCUT2D eigenvalue weighted by molar-refractivity contribution is 7.09. The molecule has 2 amide bonds. The molecular formula is C18H22N4O2S. The fourth-order valence-corrected chi connectivity index (χ4v) is 3.77. The number of aryl methyl sites for hydroxylation is 1. The summed E-state index contributed by atoms with van der Waals surface area (Å²) in [5, 5.41) is 5.41. The number of rotatable bonds is 5. The summed E-state index contributed by atoms with van der Waals surface area (Å²) in [5.74, 6) is -0.325. The molecular weight excluding hydrogens is 336 g/mol. The molecule has 1 saturated heterocycles. The van der Waals surface area contributed by atoms with Crippen molar-refractivity contribution in [1.29, 1.82) is 0 Å². The zero-order valence-corrected chi connectivity index (χ0v) is 15.1. The second-order valence-corrected chi connectivity index (χ2v) is 7.06. The van der Waals surface area contributed by atoms with Crippen molar-refractivity contribution in [2.24, 2.45) is 5.73 Å². The number of nitrogens with two attached hydrogens (primary N) is 1. The number of aromatic nitrogens is 1. The van der Waals surface area contributed by atoms with E-state index in [-0.39, 0.29) is 11.8 Å². The summed E-state index contributed by atoms with van der Waals surface area (Å²) in [4.78, 5) is 31.5. The van der Waals surface area contributed by atoms with E-state index in [0.29, 0.717) is 29.9 Å². The van der Waals surface area contributed by atoms with Gasteiger partial charge in [-0.3, -0.25) is 9.59 Å². The van der Waals surface area contributed by atoms with E-state index in [4.69, 9.17) is 5.73 Å². The van der Waals surface area contributed by atoms with Crippen LogP contribution in [-0.4, -0.2) is 41.3 Å². The lowest BCUT2D eigenvalue weighted by Crippen LogP contribution is -2.29.